The molecule has 1 aromatic carbocycles. The molecule has 1 amide bonds. The zero-order chi connectivity index (χ0) is 24.9. The predicted octanol–water partition coefficient (Wildman–Crippen LogP) is 3.01. The lowest BCUT2D eigenvalue weighted by Gasteiger charge is -2.14. The van der Waals surface area contributed by atoms with Gasteiger partial charge in [0.05, 0.1) is 23.1 Å². The number of carbonyl (C=O) groups excluding carboxylic acids is 1. The van der Waals surface area contributed by atoms with Crippen LogP contribution in [0.5, 0.6) is 5.75 Å². The van der Waals surface area contributed by atoms with Gasteiger partial charge in [0.15, 0.2) is 5.49 Å². The van der Waals surface area contributed by atoms with E-state index in [9.17, 15) is 14.9 Å². The molecule has 0 bridgehead atoms. The van der Waals surface area contributed by atoms with Gasteiger partial charge >= 0.3 is 0 Å². The molecule has 178 valence electrons. The second-order valence-corrected chi connectivity index (χ2v) is 7.88. The number of hydrogen-bond donors (Lipinski definition) is 0. The summed E-state index contributed by atoms with van der Waals surface area (Å²) >= 11 is 0. The van der Waals surface area contributed by atoms with Crippen LogP contribution in [0.1, 0.15) is 34.8 Å². The summed E-state index contributed by atoms with van der Waals surface area (Å²) in [5, 5.41) is 10.2. The van der Waals surface area contributed by atoms with E-state index in [4.69, 9.17) is 14.5 Å². The van der Waals surface area contributed by atoms with Crippen molar-refractivity contribution in [3.8, 4) is 11.8 Å². The smallest absolute Gasteiger partial charge is 0.282 e. The number of fused-ring (bicyclic) bond motifs is 2. The van der Waals surface area contributed by atoms with Crippen LogP contribution in [0.4, 0.5) is 0 Å². The normalized spacial score (nSPS) is 11.7. The van der Waals surface area contributed by atoms with E-state index in [0.29, 0.717) is 43.2 Å². The van der Waals surface area contributed by atoms with E-state index in [0.717, 1.165) is 5.56 Å². The van der Waals surface area contributed by atoms with Crippen molar-refractivity contribution in [3.63, 3.8) is 0 Å². The van der Waals surface area contributed by atoms with Crippen LogP contribution < -0.4 is 15.8 Å². The van der Waals surface area contributed by atoms with Gasteiger partial charge in [0.25, 0.3) is 11.5 Å². The van der Waals surface area contributed by atoms with Crippen LogP contribution in [0.2, 0.25) is 0 Å². The summed E-state index contributed by atoms with van der Waals surface area (Å²) in [6, 6.07) is 14.0. The third-order valence-corrected chi connectivity index (χ3v) is 5.58. The van der Waals surface area contributed by atoms with Gasteiger partial charge in [-0.05, 0) is 50.1 Å². The summed E-state index contributed by atoms with van der Waals surface area (Å²) in [7, 11) is 1.59. The van der Waals surface area contributed by atoms with Gasteiger partial charge in [-0.2, -0.15) is 10.3 Å². The van der Waals surface area contributed by atoms with Gasteiger partial charge in [0.1, 0.15) is 23.1 Å². The molecule has 0 aliphatic heterocycles. The van der Waals surface area contributed by atoms with Gasteiger partial charge in [-0.15, -0.1) is 0 Å². The van der Waals surface area contributed by atoms with Crippen LogP contribution in [0.3, 0.4) is 0 Å². The molecule has 0 fully saturated rings. The number of para-hydroxylation sites is 1. The third kappa shape index (κ3) is 4.56. The molecule has 3 aromatic heterocycles. The van der Waals surface area contributed by atoms with Crippen molar-refractivity contribution >= 4 is 22.6 Å². The second kappa shape index (κ2) is 10.3. The first-order valence-corrected chi connectivity index (χ1v) is 11.3. The number of benzene rings is 1. The Morgan fingerprint density at radius 1 is 1.20 bits per heavy atom. The Kier molecular flexibility index (Phi) is 7.03. The van der Waals surface area contributed by atoms with Gasteiger partial charge < -0.3 is 14.0 Å². The fourth-order valence-corrected chi connectivity index (χ4v) is 3.95. The minimum Gasteiger partial charge on any atom is -0.493 e. The minimum atomic E-state index is -0.556. The molecular formula is C26H25N5O4. The van der Waals surface area contributed by atoms with E-state index in [1.54, 1.807) is 48.2 Å². The number of rotatable bonds is 7. The van der Waals surface area contributed by atoms with Gasteiger partial charge in [0, 0.05) is 26.5 Å². The van der Waals surface area contributed by atoms with E-state index in [1.807, 2.05) is 19.9 Å². The molecular weight excluding hydrogens is 446 g/mol. The molecule has 0 spiro atoms. The summed E-state index contributed by atoms with van der Waals surface area (Å²) < 4.78 is 13.9. The van der Waals surface area contributed by atoms with Crippen molar-refractivity contribution < 1.29 is 14.3 Å². The molecule has 0 atom stereocenters. The van der Waals surface area contributed by atoms with Crippen LogP contribution in [0.15, 0.2) is 58.4 Å². The number of carbonyl (C=O) groups is 1. The molecule has 0 aliphatic carbocycles. The standard InChI is InChI=1S/C26H25N5O4/c1-4-35-21-11-6-5-10-19(21)25(32)29-23-18(16-27)15-20-24(30(23)13-8-14-34-3)28-22-17(2)9-7-12-31(22)26(20)33/h5-7,9-12,15H,4,8,13-14H2,1-3H3. The third-order valence-electron chi connectivity index (χ3n) is 5.58. The van der Waals surface area contributed by atoms with Crippen LogP contribution >= 0.6 is 0 Å². The number of ether oxygens (including phenoxy) is 2. The van der Waals surface area contributed by atoms with Crippen LogP contribution in [0.25, 0.3) is 16.7 Å². The Labute approximate surface area is 201 Å². The van der Waals surface area contributed by atoms with Crippen LogP contribution in [-0.4, -0.2) is 40.2 Å². The quantitative estimate of drug-likeness (QED) is 0.303. The van der Waals surface area contributed by atoms with Crippen molar-refractivity contribution in [2.45, 2.75) is 26.8 Å². The molecule has 0 unspecified atom stereocenters. The highest BCUT2D eigenvalue weighted by Crippen LogP contribution is 2.19. The Bertz CT molecular complexity index is 1590. The number of methoxy groups -OCH3 is 1. The fraction of sp³-hybridized carbons (Fsp3) is 0.269. The van der Waals surface area contributed by atoms with Crippen LogP contribution in [-0.2, 0) is 11.3 Å². The largest absolute Gasteiger partial charge is 0.493 e. The SMILES string of the molecule is CCOc1ccccc1C(=O)N=c1c(C#N)cc2c(=O)n3cccc(C)c3nc2n1CCCOC. The Morgan fingerprint density at radius 2 is 2.00 bits per heavy atom. The van der Waals surface area contributed by atoms with Gasteiger partial charge in [0.2, 0.25) is 0 Å². The second-order valence-electron chi connectivity index (χ2n) is 7.88. The van der Waals surface area contributed by atoms with E-state index in [2.05, 4.69) is 11.1 Å². The lowest BCUT2D eigenvalue weighted by atomic mass is 10.2. The maximum atomic E-state index is 13.3. The lowest BCUT2D eigenvalue weighted by Crippen LogP contribution is -2.30. The topological polar surface area (TPSA) is 111 Å². The highest BCUT2D eigenvalue weighted by Gasteiger charge is 2.17. The molecule has 3 heterocycles. The maximum Gasteiger partial charge on any atom is 0.282 e. The van der Waals surface area contributed by atoms with Gasteiger partial charge in [-0.3, -0.25) is 14.0 Å². The van der Waals surface area contributed by atoms with Crippen molar-refractivity contribution in [2.24, 2.45) is 4.99 Å². The van der Waals surface area contributed by atoms with Crippen LogP contribution in [0, 0.1) is 18.3 Å². The molecule has 35 heavy (non-hydrogen) atoms. The number of aryl methyl sites for hydroxylation is 2. The molecule has 0 saturated heterocycles. The first-order valence-electron chi connectivity index (χ1n) is 11.3. The van der Waals surface area contributed by atoms with Gasteiger partial charge in [-0.25, -0.2) is 4.98 Å². The summed E-state index contributed by atoms with van der Waals surface area (Å²) in [4.78, 5) is 35.7. The van der Waals surface area contributed by atoms with E-state index in [1.165, 1.54) is 10.5 Å². The summed E-state index contributed by atoms with van der Waals surface area (Å²) in [5.74, 6) is -0.147. The molecule has 4 rings (SSSR count). The highest BCUT2D eigenvalue weighted by atomic mass is 16.5. The minimum absolute atomic E-state index is 0.101. The summed E-state index contributed by atoms with van der Waals surface area (Å²) in [6.45, 7) is 4.87. The maximum absolute atomic E-state index is 13.3. The lowest BCUT2D eigenvalue weighted by molar-refractivity contribution is 0.0993. The zero-order valence-electron chi connectivity index (χ0n) is 19.8. The zero-order valence-corrected chi connectivity index (χ0v) is 19.8. The number of nitriles is 1. The van der Waals surface area contributed by atoms with Crippen molar-refractivity contribution in [1.29, 1.82) is 5.26 Å². The molecule has 0 N–H and O–H groups in total. The molecule has 9 nitrogen and oxygen atoms in total. The number of pyridine rings is 2. The average molecular weight is 472 g/mol. The summed E-state index contributed by atoms with van der Waals surface area (Å²) in [6.07, 6.45) is 2.21. The van der Waals surface area contributed by atoms with E-state index < -0.39 is 5.91 Å². The molecule has 9 heteroatoms. The Morgan fingerprint density at radius 3 is 2.74 bits per heavy atom. The first-order chi connectivity index (χ1) is 17.0. The number of nitrogens with zero attached hydrogens (tertiary/aromatic N) is 5. The van der Waals surface area contributed by atoms with E-state index in [-0.39, 0.29) is 27.6 Å². The molecule has 0 saturated carbocycles. The monoisotopic (exact) mass is 471 g/mol. The highest BCUT2D eigenvalue weighted by molar-refractivity contribution is 5.97. The van der Waals surface area contributed by atoms with E-state index >= 15 is 0 Å². The first kappa shape index (κ1) is 23.9. The number of hydrogen-bond acceptors (Lipinski definition) is 6. The number of amides is 1. The van der Waals surface area contributed by atoms with Crippen molar-refractivity contribution in [1.82, 2.24) is 14.0 Å². The molecule has 4 aromatic rings. The average Bonchev–Trinajstić information content (AvgIpc) is 2.86. The van der Waals surface area contributed by atoms with Crippen molar-refractivity contribution in [3.05, 3.63) is 81.2 Å². The number of aromatic nitrogens is 3. The summed E-state index contributed by atoms with van der Waals surface area (Å²) in [5.41, 5.74) is 1.88. The predicted molar refractivity (Wildman–Crippen MR) is 130 cm³/mol. The molecule has 0 aliphatic rings. The van der Waals surface area contributed by atoms with Gasteiger partial charge in [-0.1, -0.05) is 18.2 Å². The molecule has 0 radical (unpaired) electrons. The fourth-order valence-electron chi connectivity index (χ4n) is 3.95. The Balaban J connectivity index is 2.06. The van der Waals surface area contributed by atoms with Crippen molar-refractivity contribution in [2.75, 3.05) is 20.3 Å². The Hall–Kier alpha value is -4.29.